The van der Waals surface area contributed by atoms with E-state index in [1.54, 1.807) is 0 Å². The Morgan fingerprint density at radius 3 is 2.15 bits per heavy atom. The third-order valence-corrected chi connectivity index (χ3v) is 11.3. The van der Waals surface area contributed by atoms with Gasteiger partial charge in [0.25, 0.3) is 0 Å². The molecular weight excluding hydrogens is 424 g/mol. The van der Waals surface area contributed by atoms with E-state index in [1.807, 2.05) is 20.8 Å². The Morgan fingerprint density at radius 1 is 0.824 bits per heavy atom. The molecule has 0 bridgehead atoms. The molecule has 0 aromatic carbocycles. The average Bonchev–Trinajstić information content (AvgIpc) is 2.93. The van der Waals surface area contributed by atoms with E-state index in [0.29, 0.717) is 24.2 Å². The summed E-state index contributed by atoms with van der Waals surface area (Å²) in [5, 5.41) is 33.5. The van der Waals surface area contributed by atoms with Crippen LogP contribution in [0.3, 0.4) is 0 Å². The van der Waals surface area contributed by atoms with Gasteiger partial charge in [-0.1, -0.05) is 39.3 Å². The Balaban J connectivity index is 1.66. The van der Waals surface area contributed by atoms with Crippen molar-refractivity contribution in [1.82, 2.24) is 0 Å². The van der Waals surface area contributed by atoms with Crippen LogP contribution in [0.15, 0.2) is 11.6 Å². The molecule has 4 rings (SSSR count). The van der Waals surface area contributed by atoms with Gasteiger partial charge >= 0.3 is 0 Å². The van der Waals surface area contributed by atoms with Crippen molar-refractivity contribution in [3.63, 3.8) is 0 Å². The van der Waals surface area contributed by atoms with E-state index in [4.69, 9.17) is 4.74 Å². The molecule has 0 spiro atoms. The highest BCUT2D eigenvalue weighted by Crippen LogP contribution is 2.59. The van der Waals surface area contributed by atoms with Gasteiger partial charge in [0.1, 0.15) is 0 Å². The van der Waals surface area contributed by atoms with Crippen molar-refractivity contribution in [2.24, 2.45) is 34.5 Å². The number of fused-ring (bicyclic) bond motifs is 2. The summed E-state index contributed by atoms with van der Waals surface area (Å²) in [4.78, 5) is 0. The molecule has 0 amide bonds. The van der Waals surface area contributed by atoms with Crippen LogP contribution in [0, 0.1) is 34.5 Å². The zero-order valence-electron chi connectivity index (χ0n) is 23.2. The first kappa shape index (κ1) is 26.6. The largest absolute Gasteiger partial charge is 0.390 e. The van der Waals surface area contributed by atoms with Crippen LogP contribution < -0.4 is 0 Å². The van der Waals surface area contributed by atoms with Gasteiger partial charge in [0, 0.05) is 0 Å². The second-order valence-electron chi connectivity index (χ2n) is 14.4. The van der Waals surface area contributed by atoms with Gasteiger partial charge in [0.05, 0.1) is 29.0 Å². The van der Waals surface area contributed by atoms with Crippen LogP contribution in [0.2, 0.25) is 0 Å². The molecule has 4 fully saturated rings. The van der Waals surface area contributed by atoms with Crippen molar-refractivity contribution in [3.8, 4) is 0 Å². The van der Waals surface area contributed by atoms with Crippen LogP contribution in [-0.4, -0.2) is 44.3 Å². The van der Waals surface area contributed by atoms with Crippen LogP contribution in [0.4, 0.5) is 0 Å². The SMILES string of the molecule is CC1CCC2C(CCC2(C)O)C(C)(C)/C1=C/CC1C(C)(O)CCC2OC(C)(C)C(O)CCC21C. The van der Waals surface area contributed by atoms with Crippen LogP contribution in [0.1, 0.15) is 113 Å². The molecule has 3 saturated carbocycles. The van der Waals surface area contributed by atoms with Crippen LogP contribution in [0.25, 0.3) is 0 Å². The highest BCUT2D eigenvalue weighted by atomic mass is 16.5. The van der Waals surface area contributed by atoms with Crippen molar-refractivity contribution in [2.75, 3.05) is 0 Å². The summed E-state index contributed by atoms with van der Waals surface area (Å²) in [6.45, 7) is 17.6. The maximum Gasteiger partial charge on any atom is 0.0888 e. The Bertz CT molecular complexity index is 794. The molecule has 9 unspecified atom stereocenters. The fraction of sp³-hybridized carbons (Fsp3) is 0.933. The summed E-state index contributed by atoms with van der Waals surface area (Å²) in [5.41, 5.74) is -0.459. The Kier molecular flexibility index (Phi) is 6.71. The van der Waals surface area contributed by atoms with Gasteiger partial charge in [-0.3, -0.25) is 0 Å². The maximum absolute atomic E-state index is 11.6. The number of hydrogen-bond acceptors (Lipinski definition) is 4. The molecule has 4 heteroatoms. The zero-order chi connectivity index (χ0) is 25.3. The molecule has 0 aromatic heterocycles. The highest BCUT2D eigenvalue weighted by molar-refractivity contribution is 5.22. The molecule has 4 aliphatic rings. The van der Waals surface area contributed by atoms with Crippen molar-refractivity contribution in [1.29, 1.82) is 0 Å². The third kappa shape index (κ3) is 4.33. The lowest BCUT2D eigenvalue weighted by Gasteiger charge is -2.54. The predicted molar refractivity (Wildman–Crippen MR) is 137 cm³/mol. The fourth-order valence-corrected chi connectivity index (χ4v) is 8.94. The van der Waals surface area contributed by atoms with E-state index in [1.165, 1.54) is 5.57 Å². The summed E-state index contributed by atoms with van der Waals surface area (Å²) in [6, 6.07) is 0. The fourth-order valence-electron chi connectivity index (χ4n) is 8.94. The lowest BCUT2D eigenvalue weighted by atomic mass is 9.56. The first-order valence-corrected chi connectivity index (χ1v) is 14.0. The monoisotopic (exact) mass is 476 g/mol. The molecule has 34 heavy (non-hydrogen) atoms. The van der Waals surface area contributed by atoms with E-state index < -0.39 is 22.9 Å². The molecule has 9 atom stereocenters. The number of aliphatic hydroxyl groups excluding tert-OH is 1. The smallest absolute Gasteiger partial charge is 0.0888 e. The number of hydrogen-bond donors (Lipinski definition) is 3. The maximum atomic E-state index is 11.6. The standard InChI is InChI=1S/C30H52O4/c1-19-9-10-22-21(13-17-29(22,7)32)26(2,3)20(19)11-12-23-28(6)16-14-24(31)27(4,5)34-25(28)15-18-30(23,8)33/h11,19,21-25,31-33H,9-10,12-18H2,1-8H3/b20-11+. The molecule has 1 heterocycles. The molecule has 0 radical (unpaired) electrons. The van der Waals surface area contributed by atoms with Gasteiger partial charge < -0.3 is 20.1 Å². The number of ether oxygens (including phenoxy) is 1. The summed E-state index contributed by atoms with van der Waals surface area (Å²) >= 11 is 0. The average molecular weight is 477 g/mol. The first-order valence-electron chi connectivity index (χ1n) is 14.0. The molecule has 1 saturated heterocycles. The number of rotatable bonds is 2. The molecule has 1 aliphatic heterocycles. The highest BCUT2D eigenvalue weighted by Gasteiger charge is 2.57. The summed E-state index contributed by atoms with van der Waals surface area (Å²) in [6.07, 6.45) is 10.3. The van der Waals surface area contributed by atoms with E-state index in [9.17, 15) is 15.3 Å². The van der Waals surface area contributed by atoms with Crippen LogP contribution in [-0.2, 0) is 4.74 Å². The molecule has 3 N–H and O–H groups in total. The van der Waals surface area contributed by atoms with Gasteiger partial charge in [-0.05, 0) is 120 Å². The van der Waals surface area contributed by atoms with E-state index in [2.05, 4.69) is 40.7 Å². The summed E-state index contributed by atoms with van der Waals surface area (Å²) < 4.78 is 6.59. The van der Waals surface area contributed by atoms with Gasteiger partial charge in [-0.15, -0.1) is 0 Å². The minimum atomic E-state index is -0.747. The van der Waals surface area contributed by atoms with E-state index in [-0.39, 0.29) is 22.9 Å². The van der Waals surface area contributed by atoms with Crippen LogP contribution >= 0.6 is 0 Å². The lowest BCUT2D eigenvalue weighted by Crippen LogP contribution is -2.56. The minimum absolute atomic E-state index is 0.0417. The van der Waals surface area contributed by atoms with Gasteiger partial charge in [0.2, 0.25) is 0 Å². The third-order valence-electron chi connectivity index (χ3n) is 11.3. The minimum Gasteiger partial charge on any atom is -0.390 e. The topological polar surface area (TPSA) is 69.9 Å². The summed E-state index contributed by atoms with van der Waals surface area (Å²) in [7, 11) is 0. The quantitative estimate of drug-likeness (QED) is 0.426. The summed E-state index contributed by atoms with van der Waals surface area (Å²) in [5.74, 6) is 1.45. The van der Waals surface area contributed by atoms with Crippen molar-refractivity contribution in [2.45, 2.75) is 142 Å². The van der Waals surface area contributed by atoms with Crippen LogP contribution in [0.5, 0.6) is 0 Å². The van der Waals surface area contributed by atoms with Gasteiger partial charge in [0.15, 0.2) is 0 Å². The molecule has 3 aliphatic carbocycles. The van der Waals surface area contributed by atoms with E-state index in [0.717, 1.165) is 51.4 Å². The van der Waals surface area contributed by atoms with Crippen molar-refractivity contribution < 1.29 is 20.1 Å². The second-order valence-corrected chi connectivity index (χ2v) is 14.4. The normalized spacial score (nSPS) is 51.9. The first-order chi connectivity index (χ1) is 15.5. The Hall–Kier alpha value is -0.420. The Morgan fingerprint density at radius 2 is 1.47 bits per heavy atom. The van der Waals surface area contributed by atoms with Gasteiger partial charge in [-0.2, -0.15) is 0 Å². The van der Waals surface area contributed by atoms with Crippen molar-refractivity contribution >= 4 is 0 Å². The number of aliphatic hydroxyl groups is 3. The van der Waals surface area contributed by atoms with Crippen molar-refractivity contribution in [3.05, 3.63) is 11.6 Å². The lowest BCUT2D eigenvalue weighted by molar-refractivity contribution is -0.203. The Labute approximate surface area is 208 Å². The molecule has 0 aromatic rings. The molecule has 4 nitrogen and oxygen atoms in total. The molecule has 196 valence electrons. The predicted octanol–water partition coefficient (Wildman–Crippen LogP) is 6.02. The van der Waals surface area contributed by atoms with E-state index >= 15 is 0 Å². The number of allylic oxidation sites excluding steroid dienone is 2. The second kappa shape index (κ2) is 8.57. The zero-order valence-corrected chi connectivity index (χ0v) is 23.2. The molecular formula is C30H52O4. The van der Waals surface area contributed by atoms with Gasteiger partial charge in [-0.25, -0.2) is 0 Å².